The van der Waals surface area contributed by atoms with Gasteiger partial charge in [-0.1, -0.05) is 18.2 Å². The van der Waals surface area contributed by atoms with Crippen LogP contribution < -0.4 is 5.32 Å². The molecule has 0 saturated carbocycles. The zero-order valence-corrected chi connectivity index (χ0v) is 8.34. The van der Waals surface area contributed by atoms with Crippen LogP contribution >= 0.6 is 0 Å². The van der Waals surface area contributed by atoms with E-state index in [1.54, 1.807) is 19.3 Å². The van der Waals surface area contributed by atoms with E-state index in [0.29, 0.717) is 5.82 Å². The summed E-state index contributed by atoms with van der Waals surface area (Å²) in [6, 6.07) is 9.12. The van der Waals surface area contributed by atoms with Crippen LogP contribution in [-0.2, 0) is 0 Å². The summed E-state index contributed by atoms with van der Waals surface area (Å²) in [6.07, 6.45) is 3.23. The molecule has 0 atom stereocenters. The summed E-state index contributed by atoms with van der Waals surface area (Å²) >= 11 is 0. The largest absolute Gasteiger partial charge is 0.331 e. The fourth-order valence-electron chi connectivity index (χ4n) is 1.30. The molecule has 0 unspecified atom stereocenters. The predicted molar refractivity (Wildman–Crippen MR) is 57.8 cm³/mol. The minimum Gasteiger partial charge on any atom is -0.307 e. The highest BCUT2D eigenvalue weighted by Gasteiger charge is 2.06. The highest BCUT2D eigenvalue weighted by Crippen LogP contribution is 2.06. The third-order valence-corrected chi connectivity index (χ3v) is 2.07. The summed E-state index contributed by atoms with van der Waals surface area (Å²) in [7, 11) is 0. The second-order valence-electron chi connectivity index (χ2n) is 3.14. The van der Waals surface area contributed by atoms with Crippen molar-refractivity contribution >= 4 is 11.7 Å². The van der Waals surface area contributed by atoms with Crippen LogP contribution in [0.2, 0.25) is 0 Å². The van der Waals surface area contributed by atoms with E-state index in [4.69, 9.17) is 0 Å². The molecule has 0 radical (unpaired) electrons. The van der Waals surface area contributed by atoms with E-state index in [9.17, 15) is 4.79 Å². The summed E-state index contributed by atoms with van der Waals surface area (Å²) in [5.41, 5.74) is 0.774. The SMILES string of the molecule is Cc1nccn1C(=O)Nc1ccccc1. The third-order valence-electron chi connectivity index (χ3n) is 2.07. The number of hydrogen-bond acceptors (Lipinski definition) is 2. The summed E-state index contributed by atoms with van der Waals surface area (Å²) in [5, 5.41) is 2.77. The van der Waals surface area contributed by atoms with Crippen molar-refractivity contribution < 1.29 is 4.79 Å². The Hall–Kier alpha value is -2.10. The number of carbonyl (C=O) groups excluding carboxylic acids is 1. The topological polar surface area (TPSA) is 46.9 Å². The molecule has 0 aliphatic carbocycles. The molecule has 4 nitrogen and oxygen atoms in total. The molecule has 1 amide bonds. The number of hydrogen-bond donors (Lipinski definition) is 1. The van der Waals surface area contributed by atoms with Gasteiger partial charge in [-0.15, -0.1) is 0 Å². The van der Waals surface area contributed by atoms with E-state index in [2.05, 4.69) is 10.3 Å². The molecule has 0 saturated heterocycles. The number of aromatic nitrogens is 2. The number of amides is 1. The average Bonchev–Trinajstić information content (AvgIpc) is 2.66. The van der Waals surface area contributed by atoms with Gasteiger partial charge in [-0.05, 0) is 19.1 Å². The maximum Gasteiger partial charge on any atom is 0.331 e. The van der Waals surface area contributed by atoms with Gasteiger partial charge in [-0.3, -0.25) is 4.57 Å². The van der Waals surface area contributed by atoms with E-state index in [-0.39, 0.29) is 6.03 Å². The molecule has 0 bridgehead atoms. The maximum absolute atomic E-state index is 11.7. The standard InChI is InChI=1S/C11H11N3O/c1-9-12-7-8-14(9)11(15)13-10-5-3-2-4-6-10/h2-8H,1H3,(H,13,15). The molecular formula is C11H11N3O. The lowest BCUT2D eigenvalue weighted by Gasteiger charge is -2.05. The van der Waals surface area contributed by atoms with Crippen LogP contribution in [0.3, 0.4) is 0 Å². The van der Waals surface area contributed by atoms with E-state index in [1.165, 1.54) is 4.57 Å². The molecule has 0 aliphatic rings. The molecule has 76 valence electrons. The van der Waals surface area contributed by atoms with Crippen molar-refractivity contribution in [3.05, 3.63) is 48.5 Å². The summed E-state index contributed by atoms with van der Waals surface area (Å²) in [6.45, 7) is 1.78. The molecule has 1 aromatic heterocycles. The molecule has 2 aromatic rings. The average molecular weight is 201 g/mol. The van der Waals surface area contributed by atoms with E-state index >= 15 is 0 Å². The van der Waals surface area contributed by atoms with Crippen molar-refractivity contribution in [3.8, 4) is 0 Å². The van der Waals surface area contributed by atoms with Gasteiger partial charge in [-0.25, -0.2) is 9.78 Å². The fourth-order valence-corrected chi connectivity index (χ4v) is 1.30. The third kappa shape index (κ3) is 2.04. The van der Waals surface area contributed by atoms with Crippen LogP contribution in [-0.4, -0.2) is 15.6 Å². The number of aryl methyl sites for hydroxylation is 1. The molecule has 0 spiro atoms. The van der Waals surface area contributed by atoms with Crippen LogP contribution in [0.15, 0.2) is 42.7 Å². The van der Waals surface area contributed by atoms with Crippen LogP contribution in [0, 0.1) is 6.92 Å². The van der Waals surface area contributed by atoms with Gasteiger partial charge in [0.2, 0.25) is 0 Å². The van der Waals surface area contributed by atoms with Gasteiger partial charge in [0.05, 0.1) is 0 Å². The van der Waals surface area contributed by atoms with E-state index < -0.39 is 0 Å². The molecule has 1 N–H and O–H groups in total. The summed E-state index contributed by atoms with van der Waals surface area (Å²) in [5.74, 6) is 0.670. The molecule has 0 fully saturated rings. The van der Waals surface area contributed by atoms with Crippen LogP contribution in [0.5, 0.6) is 0 Å². The molecule has 4 heteroatoms. The first-order valence-electron chi connectivity index (χ1n) is 4.64. The molecular weight excluding hydrogens is 190 g/mol. The van der Waals surface area contributed by atoms with Crippen LogP contribution in [0.25, 0.3) is 0 Å². The zero-order valence-electron chi connectivity index (χ0n) is 8.34. The highest BCUT2D eigenvalue weighted by molar-refractivity contribution is 5.91. The first-order chi connectivity index (χ1) is 7.27. The van der Waals surface area contributed by atoms with Gasteiger partial charge in [0.25, 0.3) is 0 Å². The van der Waals surface area contributed by atoms with Crippen LogP contribution in [0.4, 0.5) is 10.5 Å². The number of nitrogens with one attached hydrogen (secondary N) is 1. The summed E-state index contributed by atoms with van der Waals surface area (Å²) in [4.78, 5) is 15.7. The number of para-hydroxylation sites is 1. The smallest absolute Gasteiger partial charge is 0.307 e. The van der Waals surface area contributed by atoms with Gasteiger partial charge in [-0.2, -0.15) is 0 Å². The Balaban J connectivity index is 2.15. The number of benzene rings is 1. The number of imidazole rings is 1. The van der Waals surface area contributed by atoms with Crippen molar-refractivity contribution in [1.82, 2.24) is 9.55 Å². The van der Waals surface area contributed by atoms with Crippen molar-refractivity contribution in [3.63, 3.8) is 0 Å². The van der Waals surface area contributed by atoms with Crippen molar-refractivity contribution in [2.45, 2.75) is 6.92 Å². The van der Waals surface area contributed by atoms with Gasteiger partial charge in [0.1, 0.15) is 5.82 Å². The van der Waals surface area contributed by atoms with Gasteiger partial charge < -0.3 is 5.32 Å². The Morgan fingerprint density at radius 2 is 2.07 bits per heavy atom. The zero-order chi connectivity index (χ0) is 10.7. The Bertz CT molecular complexity index is 462. The second kappa shape index (κ2) is 3.96. The normalized spacial score (nSPS) is 9.93. The molecule has 0 aliphatic heterocycles. The first-order valence-corrected chi connectivity index (χ1v) is 4.64. The lowest BCUT2D eigenvalue weighted by molar-refractivity contribution is 0.253. The van der Waals surface area contributed by atoms with Crippen molar-refractivity contribution in [2.75, 3.05) is 5.32 Å². The van der Waals surface area contributed by atoms with Gasteiger partial charge in [0, 0.05) is 18.1 Å². The molecule has 1 heterocycles. The van der Waals surface area contributed by atoms with Gasteiger partial charge in [0.15, 0.2) is 0 Å². The monoisotopic (exact) mass is 201 g/mol. The second-order valence-corrected chi connectivity index (χ2v) is 3.14. The quantitative estimate of drug-likeness (QED) is 0.769. The number of carbonyl (C=O) groups is 1. The summed E-state index contributed by atoms with van der Waals surface area (Å²) < 4.78 is 1.47. The molecule has 15 heavy (non-hydrogen) atoms. The lowest BCUT2D eigenvalue weighted by atomic mass is 10.3. The predicted octanol–water partition coefficient (Wildman–Crippen LogP) is 2.27. The Morgan fingerprint density at radius 3 is 2.67 bits per heavy atom. The molecule has 1 aromatic carbocycles. The highest BCUT2D eigenvalue weighted by atomic mass is 16.2. The Labute approximate surface area is 87.6 Å². The minimum absolute atomic E-state index is 0.198. The number of anilines is 1. The Morgan fingerprint density at radius 1 is 1.33 bits per heavy atom. The minimum atomic E-state index is -0.198. The Kier molecular flexibility index (Phi) is 2.49. The molecule has 2 rings (SSSR count). The number of rotatable bonds is 1. The van der Waals surface area contributed by atoms with Gasteiger partial charge >= 0.3 is 6.03 Å². The lowest BCUT2D eigenvalue weighted by Crippen LogP contribution is -2.19. The maximum atomic E-state index is 11.7. The van der Waals surface area contributed by atoms with E-state index in [1.807, 2.05) is 30.3 Å². The van der Waals surface area contributed by atoms with Crippen molar-refractivity contribution in [1.29, 1.82) is 0 Å². The first kappa shape index (κ1) is 9.45. The fraction of sp³-hybridized carbons (Fsp3) is 0.0909. The van der Waals surface area contributed by atoms with E-state index in [0.717, 1.165) is 5.69 Å². The van der Waals surface area contributed by atoms with Crippen molar-refractivity contribution in [2.24, 2.45) is 0 Å². The van der Waals surface area contributed by atoms with Crippen LogP contribution in [0.1, 0.15) is 5.82 Å². The number of nitrogens with zero attached hydrogens (tertiary/aromatic N) is 2.